The van der Waals surface area contributed by atoms with Crippen molar-refractivity contribution in [2.24, 2.45) is 0 Å². The largest absolute Gasteiger partial charge is 0.493 e. The third-order valence-corrected chi connectivity index (χ3v) is 4.12. The van der Waals surface area contributed by atoms with Gasteiger partial charge in [0.2, 0.25) is 5.91 Å². The number of nitrogens with zero attached hydrogens (tertiary/aromatic N) is 2. The van der Waals surface area contributed by atoms with Crippen molar-refractivity contribution < 1.29 is 19.1 Å². The Kier molecular flexibility index (Phi) is 4.08. The Morgan fingerprint density at radius 3 is 3.00 bits per heavy atom. The fraction of sp³-hybridized carbons (Fsp3) is 0.375. The number of amides is 4. The maximum atomic E-state index is 12.9. The number of ether oxygens (including phenoxy) is 1. The molecule has 0 aromatic heterocycles. The lowest BCUT2D eigenvalue weighted by Crippen LogP contribution is -2.48. The normalized spacial score (nSPS) is 21.7. The molecule has 8 heteroatoms. The number of rotatable bonds is 4. The fourth-order valence-electron chi connectivity index (χ4n) is 2.97. The van der Waals surface area contributed by atoms with E-state index in [2.05, 4.69) is 10.6 Å². The standard InChI is InChI=1S/C16H16N4O4/c17-7-3-8-18-13(21)10-20-14(22)16(19-15(20)23)6-9-24-12-5-2-1-4-11(12)16/h1-2,4-5H,3,6,8-10H2,(H,18,21)(H,19,23)/t16-/m0/s1. The number of fused-ring (bicyclic) bond motifs is 2. The van der Waals surface area contributed by atoms with Gasteiger partial charge in [0.15, 0.2) is 5.54 Å². The Balaban J connectivity index is 1.80. The Morgan fingerprint density at radius 1 is 1.42 bits per heavy atom. The molecular formula is C16H16N4O4. The van der Waals surface area contributed by atoms with Gasteiger partial charge in [0.1, 0.15) is 12.3 Å². The maximum Gasteiger partial charge on any atom is 0.325 e. The lowest BCUT2D eigenvalue weighted by Gasteiger charge is -2.33. The molecule has 4 amide bonds. The third kappa shape index (κ3) is 2.54. The van der Waals surface area contributed by atoms with Crippen LogP contribution in [0, 0.1) is 11.3 Å². The van der Waals surface area contributed by atoms with Crippen LogP contribution in [0.1, 0.15) is 18.4 Å². The van der Waals surface area contributed by atoms with Gasteiger partial charge in [0, 0.05) is 18.5 Å². The summed E-state index contributed by atoms with van der Waals surface area (Å²) in [6, 6.07) is 8.34. The second kappa shape index (κ2) is 6.20. The van der Waals surface area contributed by atoms with Crippen LogP contribution in [0.5, 0.6) is 5.75 Å². The first-order chi connectivity index (χ1) is 11.6. The van der Waals surface area contributed by atoms with Crippen molar-refractivity contribution in [2.45, 2.75) is 18.4 Å². The minimum Gasteiger partial charge on any atom is -0.493 e. The van der Waals surface area contributed by atoms with E-state index in [1.54, 1.807) is 24.3 Å². The molecule has 1 fully saturated rings. The summed E-state index contributed by atoms with van der Waals surface area (Å²) >= 11 is 0. The fourth-order valence-corrected chi connectivity index (χ4v) is 2.97. The van der Waals surface area contributed by atoms with Gasteiger partial charge in [-0.15, -0.1) is 0 Å². The van der Waals surface area contributed by atoms with Crippen LogP contribution in [0.2, 0.25) is 0 Å². The molecule has 3 rings (SSSR count). The van der Waals surface area contributed by atoms with E-state index in [1.807, 2.05) is 6.07 Å². The number of nitriles is 1. The number of para-hydroxylation sites is 1. The van der Waals surface area contributed by atoms with Gasteiger partial charge < -0.3 is 15.4 Å². The monoisotopic (exact) mass is 328 g/mol. The zero-order valence-corrected chi connectivity index (χ0v) is 12.9. The van der Waals surface area contributed by atoms with Crippen LogP contribution < -0.4 is 15.4 Å². The van der Waals surface area contributed by atoms with Crippen molar-refractivity contribution in [3.05, 3.63) is 29.8 Å². The van der Waals surface area contributed by atoms with Crippen LogP contribution in [0.4, 0.5) is 4.79 Å². The first kappa shape index (κ1) is 15.8. The molecule has 8 nitrogen and oxygen atoms in total. The molecule has 1 aromatic rings. The molecule has 2 aliphatic heterocycles. The summed E-state index contributed by atoms with van der Waals surface area (Å²) in [6.45, 7) is 0.104. The topological polar surface area (TPSA) is 112 Å². The summed E-state index contributed by atoms with van der Waals surface area (Å²) in [4.78, 5) is 37.9. The van der Waals surface area contributed by atoms with E-state index in [1.165, 1.54) is 0 Å². The van der Waals surface area contributed by atoms with Crippen molar-refractivity contribution in [1.82, 2.24) is 15.5 Å². The Hall–Kier alpha value is -3.08. The van der Waals surface area contributed by atoms with Gasteiger partial charge >= 0.3 is 6.03 Å². The van der Waals surface area contributed by atoms with Crippen molar-refractivity contribution in [3.63, 3.8) is 0 Å². The second-order valence-electron chi connectivity index (χ2n) is 5.58. The minimum absolute atomic E-state index is 0.167. The number of imide groups is 1. The highest BCUT2D eigenvalue weighted by Gasteiger charge is 2.55. The predicted molar refractivity (Wildman–Crippen MR) is 81.7 cm³/mol. The maximum absolute atomic E-state index is 12.9. The lowest BCUT2D eigenvalue weighted by molar-refractivity contribution is -0.136. The van der Waals surface area contributed by atoms with Crippen molar-refractivity contribution in [1.29, 1.82) is 5.26 Å². The van der Waals surface area contributed by atoms with Gasteiger partial charge in [-0.1, -0.05) is 18.2 Å². The molecule has 1 saturated heterocycles. The molecule has 1 spiro atoms. The lowest BCUT2D eigenvalue weighted by atomic mass is 9.84. The van der Waals surface area contributed by atoms with E-state index in [9.17, 15) is 14.4 Å². The van der Waals surface area contributed by atoms with Gasteiger partial charge in [-0.25, -0.2) is 4.79 Å². The van der Waals surface area contributed by atoms with Gasteiger partial charge in [-0.05, 0) is 6.07 Å². The molecule has 124 valence electrons. The van der Waals surface area contributed by atoms with Crippen molar-refractivity contribution in [3.8, 4) is 11.8 Å². The highest BCUT2D eigenvalue weighted by atomic mass is 16.5. The zero-order chi connectivity index (χ0) is 17.2. The van der Waals surface area contributed by atoms with Crippen LogP contribution in [0.3, 0.4) is 0 Å². The molecule has 0 unspecified atom stereocenters. The van der Waals surface area contributed by atoms with Crippen LogP contribution in [0.15, 0.2) is 24.3 Å². The first-order valence-corrected chi connectivity index (χ1v) is 7.58. The van der Waals surface area contributed by atoms with Crippen LogP contribution >= 0.6 is 0 Å². The summed E-state index contributed by atoms with van der Waals surface area (Å²) < 4.78 is 5.54. The van der Waals surface area contributed by atoms with E-state index >= 15 is 0 Å². The SMILES string of the molecule is N#CCCNC(=O)CN1C(=O)N[C@]2(CCOc3ccccc32)C1=O. The summed E-state index contributed by atoms with van der Waals surface area (Å²) in [5.74, 6) is -0.387. The van der Waals surface area contributed by atoms with Crippen LogP contribution in [-0.2, 0) is 15.1 Å². The van der Waals surface area contributed by atoms with Crippen molar-refractivity contribution >= 4 is 17.8 Å². The number of hydrogen-bond acceptors (Lipinski definition) is 5. The van der Waals surface area contributed by atoms with Crippen molar-refractivity contribution in [2.75, 3.05) is 19.7 Å². The van der Waals surface area contributed by atoms with Crippen LogP contribution in [-0.4, -0.2) is 42.4 Å². The van der Waals surface area contributed by atoms with E-state index in [0.29, 0.717) is 24.3 Å². The molecular weight excluding hydrogens is 312 g/mol. The van der Waals surface area contributed by atoms with E-state index in [4.69, 9.17) is 10.00 Å². The molecule has 2 heterocycles. The van der Waals surface area contributed by atoms with Gasteiger partial charge in [-0.2, -0.15) is 5.26 Å². The van der Waals surface area contributed by atoms with Gasteiger partial charge in [-0.3, -0.25) is 14.5 Å². The smallest absolute Gasteiger partial charge is 0.325 e. The molecule has 0 bridgehead atoms. The molecule has 1 atom stereocenters. The van der Waals surface area contributed by atoms with E-state index in [-0.39, 0.29) is 19.5 Å². The molecule has 0 radical (unpaired) electrons. The predicted octanol–water partition coefficient (Wildman–Crippen LogP) is 0.246. The van der Waals surface area contributed by atoms with Crippen LogP contribution in [0.25, 0.3) is 0 Å². The highest BCUT2D eigenvalue weighted by Crippen LogP contribution is 2.40. The number of hydrogen-bond donors (Lipinski definition) is 2. The summed E-state index contributed by atoms with van der Waals surface area (Å²) in [7, 11) is 0. The Bertz CT molecular complexity index is 742. The second-order valence-corrected chi connectivity index (χ2v) is 5.58. The zero-order valence-electron chi connectivity index (χ0n) is 12.9. The summed E-state index contributed by atoms with van der Waals surface area (Å²) in [5, 5.41) is 13.7. The average Bonchev–Trinajstić information content (AvgIpc) is 2.81. The molecule has 0 aliphatic carbocycles. The minimum atomic E-state index is -1.18. The summed E-state index contributed by atoms with van der Waals surface area (Å²) in [6.07, 6.45) is 0.474. The molecule has 2 aliphatic rings. The molecule has 2 N–H and O–H groups in total. The highest BCUT2D eigenvalue weighted by molar-refractivity contribution is 6.09. The first-order valence-electron chi connectivity index (χ1n) is 7.58. The van der Waals surface area contributed by atoms with E-state index in [0.717, 1.165) is 4.90 Å². The number of carbonyl (C=O) groups excluding carboxylic acids is 3. The number of carbonyl (C=O) groups is 3. The van der Waals surface area contributed by atoms with Gasteiger partial charge in [0.25, 0.3) is 5.91 Å². The number of nitrogens with one attached hydrogen (secondary N) is 2. The Morgan fingerprint density at radius 2 is 2.21 bits per heavy atom. The van der Waals surface area contributed by atoms with Gasteiger partial charge in [0.05, 0.1) is 19.1 Å². The quantitative estimate of drug-likeness (QED) is 0.608. The van der Waals surface area contributed by atoms with E-state index < -0.39 is 23.4 Å². The molecule has 24 heavy (non-hydrogen) atoms. The average molecular weight is 328 g/mol. The Labute approximate surface area is 138 Å². The third-order valence-electron chi connectivity index (χ3n) is 4.12. The summed E-state index contributed by atoms with van der Waals surface area (Å²) in [5.41, 5.74) is -0.583. The number of benzene rings is 1. The molecule has 1 aromatic carbocycles. The number of urea groups is 1. The molecule has 0 saturated carbocycles.